The van der Waals surface area contributed by atoms with Crippen LogP contribution in [0.1, 0.15) is 5.56 Å². The molecule has 0 amide bonds. The number of para-hydroxylation sites is 1. The number of anilines is 1. The van der Waals surface area contributed by atoms with E-state index in [9.17, 15) is 0 Å². The van der Waals surface area contributed by atoms with Gasteiger partial charge in [0.25, 0.3) is 0 Å². The lowest BCUT2D eigenvalue weighted by Gasteiger charge is -2.10. The third kappa shape index (κ3) is 2.79. The minimum Gasteiger partial charge on any atom is -0.380 e. The van der Waals surface area contributed by atoms with Crippen molar-refractivity contribution >= 4 is 44.1 Å². The summed E-state index contributed by atoms with van der Waals surface area (Å²) in [6.45, 7) is 0.702. The lowest BCUT2D eigenvalue weighted by Crippen LogP contribution is -2.01. The molecule has 1 N–H and O–H groups in total. The second kappa shape index (κ2) is 5.81. The van der Waals surface area contributed by atoms with Gasteiger partial charge in [-0.1, -0.05) is 35.9 Å². The van der Waals surface area contributed by atoms with E-state index in [1.165, 1.54) is 0 Å². The first-order valence-electron chi connectivity index (χ1n) is 6.25. The highest BCUT2D eigenvalue weighted by molar-refractivity contribution is 9.10. The van der Waals surface area contributed by atoms with Gasteiger partial charge in [0, 0.05) is 27.6 Å². The van der Waals surface area contributed by atoms with Gasteiger partial charge in [0.1, 0.15) is 0 Å². The number of nitrogens with zero attached hydrogens (tertiary/aromatic N) is 1. The third-order valence-electron chi connectivity index (χ3n) is 3.11. The standard InChI is InChI=1S/C16H12BrClN2/c17-14-7-6-13(18)9-15(14)20-10-12-4-1-3-11-5-2-8-19-16(11)12/h1-9,20H,10H2. The summed E-state index contributed by atoms with van der Waals surface area (Å²) in [5.41, 5.74) is 3.17. The Bertz CT molecular complexity index is 753. The summed E-state index contributed by atoms with van der Waals surface area (Å²) in [5.74, 6) is 0. The lowest BCUT2D eigenvalue weighted by molar-refractivity contribution is 1.15. The molecule has 3 rings (SSSR count). The summed E-state index contributed by atoms with van der Waals surface area (Å²) in [7, 11) is 0. The summed E-state index contributed by atoms with van der Waals surface area (Å²) in [6.07, 6.45) is 1.82. The van der Waals surface area contributed by atoms with Crippen LogP contribution in [0.25, 0.3) is 10.9 Å². The van der Waals surface area contributed by atoms with Gasteiger partial charge >= 0.3 is 0 Å². The zero-order valence-electron chi connectivity index (χ0n) is 10.6. The zero-order valence-corrected chi connectivity index (χ0v) is 12.9. The Hall–Kier alpha value is -1.58. The largest absolute Gasteiger partial charge is 0.380 e. The first kappa shape index (κ1) is 13.4. The van der Waals surface area contributed by atoms with E-state index in [0.29, 0.717) is 11.6 Å². The molecule has 0 unspecified atom stereocenters. The van der Waals surface area contributed by atoms with Crippen molar-refractivity contribution in [2.75, 3.05) is 5.32 Å². The van der Waals surface area contributed by atoms with Crippen LogP contribution in [0.3, 0.4) is 0 Å². The van der Waals surface area contributed by atoms with E-state index >= 15 is 0 Å². The minimum absolute atomic E-state index is 0.702. The zero-order chi connectivity index (χ0) is 13.9. The van der Waals surface area contributed by atoms with E-state index in [2.05, 4.69) is 44.4 Å². The average molecular weight is 348 g/mol. The molecular weight excluding hydrogens is 336 g/mol. The molecule has 0 fully saturated rings. The van der Waals surface area contributed by atoms with Crippen molar-refractivity contribution in [2.45, 2.75) is 6.54 Å². The molecule has 4 heteroatoms. The average Bonchev–Trinajstić information content (AvgIpc) is 2.48. The van der Waals surface area contributed by atoms with Gasteiger partial charge in [-0.3, -0.25) is 4.98 Å². The van der Waals surface area contributed by atoms with Crippen LogP contribution in [0.15, 0.2) is 59.2 Å². The van der Waals surface area contributed by atoms with Gasteiger partial charge in [0.05, 0.1) is 11.2 Å². The molecule has 1 aromatic heterocycles. The number of hydrogen-bond acceptors (Lipinski definition) is 2. The molecule has 0 atom stereocenters. The Labute approximate surface area is 130 Å². The van der Waals surface area contributed by atoms with Crippen LogP contribution in [0.4, 0.5) is 5.69 Å². The van der Waals surface area contributed by atoms with Gasteiger partial charge < -0.3 is 5.32 Å². The molecule has 0 bridgehead atoms. The Kier molecular flexibility index (Phi) is 3.90. The minimum atomic E-state index is 0.702. The number of aromatic nitrogens is 1. The Balaban J connectivity index is 1.89. The molecule has 0 aliphatic carbocycles. The van der Waals surface area contributed by atoms with Crippen molar-refractivity contribution in [3.8, 4) is 0 Å². The predicted molar refractivity (Wildman–Crippen MR) is 88.2 cm³/mol. The molecule has 1 heterocycles. The summed E-state index contributed by atoms with van der Waals surface area (Å²) in [6, 6.07) is 15.9. The van der Waals surface area contributed by atoms with Crippen molar-refractivity contribution in [1.29, 1.82) is 0 Å². The summed E-state index contributed by atoms with van der Waals surface area (Å²) in [4.78, 5) is 4.46. The fraction of sp³-hybridized carbons (Fsp3) is 0.0625. The smallest absolute Gasteiger partial charge is 0.0751 e. The lowest BCUT2D eigenvalue weighted by atomic mass is 10.1. The number of nitrogens with one attached hydrogen (secondary N) is 1. The van der Waals surface area contributed by atoms with Gasteiger partial charge in [-0.05, 0) is 45.8 Å². The van der Waals surface area contributed by atoms with E-state index in [4.69, 9.17) is 11.6 Å². The monoisotopic (exact) mass is 346 g/mol. The van der Waals surface area contributed by atoms with Crippen molar-refractivity contribution in [3.63, 3.8) is 0 Å². The van der Waals surface area contributed by atoms with Gasteiger partial charge in [-0.2, -0.15) is 0 Å². The fourth-order valence-corrected chi connectivity index (χ4v) is 2.69. The van der Waals surface area contributed by atoms with E-state index in [1.807, 2.05) is 36.5 Å². The Morgan fingerprint density at radius 3 is 2.85 bits per heavy atom. The van der Waals surface area contributed by atoms with Crippen molar-refractivity contribution < 1.29 is 0 Å². The first-order chi connectivity index (χ1) is 9.74. The molecule has 0 aliphatic rings. The number of halogens is 2. The Morgan fingerprint density at radius 2 is 1.95 bits per heavy atom. The van der Waals surface area contributed by atoms with Crippen LogP contribution in [-0.2, 0) is 6.54 Å². The molecule has 0 saturated carbocycles. The molecule has 0 radical (unpaired) electrons. The molecule has 3 aromatic rings. The number of rotatable bonds is 3. The molecule has 2 nitrogen and oxygen atoms in total. The highest BCUT2D eigenvalue weighted by atomic mass is 79.9. The quantitative estimate of drug-likeness (QED) is 0.699. The van der Waals surface area contributed by atoms with Crippen LogP contribution in [0, 0.1) is 0 Å². The molecule has 20 heavy (non-hydrogen) atoms. The number of pyridine rings is 1. The normalized spacial score (nSPS) is 10.7. The van der Waals surface area contributed by atoms with Crippen molar-refractivity contribution in [2.24, 2.45) is 0 Å². The molecule has 0 aliphatic heterocycles. The van der Waals surface area contributed by atoms with E-state index in [1.54, 1.807) is 0 Å². The highest BCUT2D eigenvalue weighted by Crippen LogP contribution is 2.27. The second-order valence-corrected chi connectivity index (χ2v) is 5.76. The molecular formula is C16H12BrClN2. The number of fused-ring (bicyclic) bond motifs is 1. The number of hydrogen-bond donors (Lipinski definition) is 1. The summed E-state index contributed by atoms with van der Waals surface area (Å²) in [5, 5.41) is 5.26. The fourth-order valence-electron chi connectivity index (χ4n) is 2.13. The van der Waals surface area contributed by atoms with Gasteiger partial charge in [0.15, 0.2) is 0 Å². The van der Waals surface area contributed by atoms with Gasteiger partial charge in [-0.15, -0.1) is 0 Å². The van der Waals surface area contributed by atoms with Crippen LogP contribution < -0.4 is 5.32 Å². The first-order valence-corrected chi connectivity index (χ1v) is 7.43. The maximum atomic E-state index is 6.02. The second-order valence-electron chi connectivity index (χ2n) is 4.47. The van der Waals surface area contributed by atoms with E-state index in [-0.39, 0.29) is 0 Å². The molecule has 0 spiro atoms. The van der Waals surface area contributed by atoms with Crippen molar-refractivity contribution in [1.82, 2.24) is 4.98 Å². The SMILES string of the molecule is Clc1ccc(Br)c(NCc2cccc3cccnc23)c1. The third-order valence-corrected chi connectivity index (χ3v) is 4.04. The van der Waals surface area contributed by atoms with Gasteiger partial charge in [-0.25, -0.2) is 0 Å². The molecule has 100 valence electrons. The summed E-state index contributed by atoms with van der Waals surface area (Å²) < 4.78 is 0.995. The predicted octanol–water partition coefficient (Wildman–Crippen LogP) is 5.26. The number of benzene rings is 2. The molecule has 0 saturated heterocycles. The Morgan fingerprint density at radius 1 is 1.10 bits per heavy atom. The maximum absolute atomic E-state index is 6.02. The van der Waals surface area contributed by atoms with Crippen molar-refractivity contribution in [3.05, 3.63) is 69.8 Å². The van der Waals surface area contributed by atoms with Crippen LogP contribution in [0.5, 0.6) is 0 Å². The highest BCUT2D eigenvalue weighted by Gasteiger charge is 2.04. The molecule has 2 aromatic carbocycles. The van der Waals surface area contributed by atoms with Crippen LogP contribution >= 0.6 is 27.5 Å². The topological polar surface area (TPSA) is 24.9 Å². The van der Waals surface area contributed by atoms with E-state index in [0.717, 1.165) is 26.6 Å². The van der Waals surface area contributed by atoms with Gasteiger partial charge in [0.2, 0.25) is 0 Å². The van der Waals surface area contributed by atoms with Crippen LogP contribution in [-0.4, -0.2) is 4.98 Å². The van der Waals surface area contributed by atoms with E-state index < -0.39 is 0 Å². The van der Waals surface area contributed by atoms with Crippen LogP contribution in [0.2, 0.25) is 5.02 Å². The maximum Gasteiger partial charge on any atom is 0.0751 e. The summed E-state index contributed by atoms with van der Waals surface area (Å²) >= 11 is 9.54.